The predicted molar refractivity (Wildman–Crippen MR) is 304 cm³/mol. The molecule has 31 heteroatoms. The van der Waals surface area contributed by atoms with Crippen LogP contribution in [0.3, 0.4) is 0 Å². The molecule has 5 amide bonds. The Morgan fingerprint density at radius 1 is 0.628 bits per heavy atom. The number of carbonyl (C=O) groups excluding carboxylic acids is 8. The molecule has 2 saturated heterocycles. The van der Waals surface area contributed by atoms with Crippen molar-refractivity contribution in [3.63, 3.8) is 0 Å². The second-order valence-electron chi connectivity index (χ2n) is 19.6. The average Bonchev–Trinajstić information content (AvgIpc) is 1.08. The van der Waals surface area contributed by atoms with Gasteiger partial charge in [-0.2, -0.15) is 23.5 Å². The van der Waals surface area contributed by atoms with E-state index in [0.717, 1.165) is 6.92 Å². The molecule has 3 aromatic rings. The molecule has 2 aliphatic heterocycles. The van der Waals surface area contributed by atoms with Crippen molar-refractivity contribution in [3.05, 3.63) is 105 Å². The molecule has 3 aromatic carbocycles. The summed E-state index contributed by atoms with van der Waals surface area (Å²) in [6.45, 7) is 1.35. The number of hydrogen-bond donors (Lipinski definition) is 11. The zero-order chi connectivity index (χ0) is 60.9. The Kier molecular flexibility index (Phi) is 35.7. The van der Waals surface area contributed by atoms with Crippen LogP contribution in [0.2, 0.25) is 10.0 Å². The summed E-state index contributed by atoms with van der Waals surface area (Å²) >= 11 is 14.7. The predicted octanol–water partition coefficient (Wildman–Crippen LogP) is -6.34. The zero-order valence-corrected chi connectivity index (χ0v) is 55.0. The van der Waals surface area contributed by atoms with E-state index in [1.54, 1.807) is 30.6 Å². The third kappa shape index (κ3) is 24.1. The number of nitrogens with one attached hydrogen (secondary N) is 5. The fourth-order valence-electron chi connectivity index (χ4n) is 8.89. The van der Waals surface area contributed by atoms with E-state index in [-0.39, 0.29) is 107 Å². The Morgan fingerprint density at radius 2 is 1.03 bits per heavy atom. The Labute approximate surface area is 559 Å². The van der Waals surface area contributed by atoms with E-state index in [9.17, 15) is 74.1 Å². The SMILES string of the molecule is CC(=O)N[C@H]1[C@H]([C@H](O)[C@H](O)CNC(=O)c2ccc(Cl)cc2)O[C@]([C-]=O)(OCCCSCCNC(=O)c2ccc(C(=O)CCCSCCCO[C@]3(C(=O)[O-])C[C@H](O)[C@@H](NC(C)=O)[C@H]([C@H](O)[C@H](O)CNC(=O)c4ccc(Cl)cc4)O3)cc2)C[C@@H]1O.[Na+].[Na+].[OH-]. The molecule has 12 N–H and O–H groups in total. The van der Waals surface area contributed by atoms with Crippen LogP contribution < -0.4 is 90.8 Å². The molecule has 5 rings (SSSR count). The summed E-state index contributed by atoms with van der Waals surface area (Å²) in [4.78, 5) is 99.8. The average molecular weight is 1300 g/mol. The number of carboxylic acids is 1. The first-order chi connectivity index (χ1) is 39.5. The number of ether oxygens (including phenoxy) is 4. The number of carboxylic acid groups (broad SMARTS) is 1. The van der Waals surface area contributed by atoms with Gasteiger partial charge in [-0.25, -0.2) is 6.29 Å². The Balaban J connectivity index is 0.00000841. The van der Waals surface area contributed by atoms with Gasteiger partial charge >= 0.3 is 59.1 Å². The second-order valence-corrected chi connectivity index (χ2v) is 22.9. The van der Waals surface area contributed by atoms with E-state index < -0.39 is 128 Å². The van der Waals surface area contributed by atoms with Crippen LogP contribution in [0.25, 0.3) is 0 Å². The number of ketones is 1. The summed E-state index contributed by atoms with van der Waals surface area (Å²) in [6, 6.07) is 15.3. The number of aliphatic hydroxyl groups excluding tert-OH is 6. The van der Waals surface area contributed by atoms with Gasteiger partial charge in [-0.05, 0) is 97.2 Å². The van der Waals surface area contributed by atoms with E-state index in [1.165, 1.54) is 79.0 Å². The molecule has 0 unspecified atom stereocenters. The van der Waals surface area contributed by atoms with Gasteiger partial charge in [0.05, 0.1) is 48.9 Å². The normalized spacial score (nSPS) is 23.0. The molecule has 2 heterocycles. The van der Waals surface area contributed by atoms with Gasteiger partial charge in [0.25, 0.3) is 17.7 Å². The van der Waals surface area contributed by atoms with Crippen molar-refractivity contribution in [3.8, 4) is 0 Å². The van der Waals surface area contributed by atoms with Gasteiger partial charge < -0.3 is 96.3 Å². The van der Waals surface area contributed by atoms with E-state index in [4.69, 9.17) is 42.1 Å². The van der Waals surface area contributed by atoms with Crippen molar-refractivity contribution in [2.75, 3.05) is 55.9 Å². The molecule has 2 fully saturated rings. The molecule has 0 aliphatic carbocycles. The van der Waals surface area contributed by atoms with Crippen LogP contribution in [0, 0.1) is 0 Å². The Hall–Kier alpha value is -3.34. The second kappa shape index (κ2) is 39.0. The number of rotatable bonds is 33. The molecule has 0 saturated carbocycles. The van der Waals surface area contributed by atoms with Crippen LogP contribution >= 0.6 is 46.7 Å². The number of Topliss-reactive ketones (excluding diaryl/α,β-unsaturated/α-hetero) is 1. The van der Waals surface area contributed by atoms with Gasteiger partial charge in [0.15, 0.2) is 5.78 Å². The molecule has 0 spiro atoms. The monoisotopic (exact) mass is 1300 g/mol. The standard InChI is InChI=1S/C55H70Cl2N5O19S2.2Na.H2O/c1-31(64)61-44-40(67)26-54(30-63,80-48(44)46(71)42(69)28-59-51(74)35-11-15-37(56)16-12-35)78-20-4-24-83-25-19-58-50(73)34-9-7-33(8-10-34)39(66)6-3-22-82-23-5-21-79-55(53(76)77)27-41(68)45(62-32(2)65)49(81-55)47(72)43(70)29-60-52(75)36-13-17-38(57)18-14-36;;;/h7-18,40-49,67-72H,3-6,19-29H2,1-2H3,(H,58,73)(H,59,74)(H,60,75)(H,61,64)(H,62,65)(H,76,77);;;1H2/q-1;2*+1;/p-2/t40-,41-,42+,43+,44+,45+,46+,47+,48+,49+,54+,55+;;;/m0.../s1. The van der Waals surface area contributed by atoms with Crippen molar-refractivity contribution in [2.45, 2.75) is 125 Å². The van der Waals surface area contributed by atoms with Crippen molar-refractivity contribution in [1.29, 1.82) is 0 Å². The van der Waals surface area contributed by atoms with Crippen molar-refractivity contribution in [2.24, 2.45) is 0 Å². The number of amides is 5. The molecule has 0 aromatic heterocycles. The minimum Gasteiger partial charge on any atom is -0.870 e. The first-order valence-electron chi connectivity index (χ1n) is 26.5. The van der Waals surface area contributed by atoms with E-state index in [0.29, 0.717) is 70.0 Å². The third-order valence-electron chi connectivity index (χ3n) is 13.2. The third-order valence-corrected chi connectivity index (χ3v) is 15.9. The number of carbonyl (C=O) groups is 7. The molecular formula is C55H70Cl2N5Na2O20S2-. The van der Waals surface area contributed by atoms with Crippen molar-refractivity contribution < 1.29 is 158 Å². The molecular weight excluding hydrogens is 1230 g/mol. The summed E-state index contributed by atoms with van der Waals surface area (Å²) in [6.07, 6.45) is -11.7. The number of benzene rings is 3. The van der Waals surface area contributed by atoms with Gasteiger partial charge in [-0.15, -0.1) is 0 Å². The summed E-state index contributed by atoms with van der Waals surface area (Å²) in [7, 11) is 0. The van der Waals surface area contributed by atoms with Gasteiger partial charge in [0, 0.05) is 97.4 Å². The van der Waals surface area contributed by atoms with E-state index in [1.807, 2.05) is 0 Å². The maximum absolute atomic E-state index is 13.0. The number of aliphatic hydroxyl groups is 6. The first kappa shape index (κ1) is 78.8. The number of thioether (sulfide) groups is 2. The van der Waals surface area contributed by atoms with Crippen LogP contribution in [-0.4, -0.2) is 212 Å². The number of halogens is 2. The fraction of sp³-hybridized carbons (Fsp3) is 0.527. The number of hydrogen-bond acceptors (Lipinski definition) is 22. The van der Waals surface area contributed by atoms with Gasteiger partial charge in [-0.3, -0.25) is 28.8 Å². The summed E-state index contributed by atoms with van der Waals surface area (Å²) in [5, 5.41) is 91.8. The maximum Gasteiger partial charge on any atom is 1.00 e. The smallest absolute Gasteiger partial charge is 0.870 e. The summed E-state index contributed by atoms with van der Waals surface area (Å²) in [5.41, 5.74) is 1.19. The Morgan fingerprint density at radius 3 is 1.50 bits per heavy atom. The summed E-state index contributed by atoms with van der Waals surface area (Å²) < 4.78 is 23.0. The molecule has 464 valence electrons. The van der Waals surface area contributed by atoms with Crippen molar-refractivity contribution in [1.82, 2.24) is 26.6 Å². The molecule has 25 nitrogen and oxygen atoms in total. The number of aliphatic carboxylic acids is 1. The molecule has 0 radical (unpaired) electrons. The Bertz CT molecular complexity index is 2670. The van der Waals surface area contributed by atoms with Crippen LogP contribution in [0.4, 0.5) is 0 Å². The van der Waals surface area contributed by atoms with Gasteiger partial charge in [-0.1, -0.05) is 35.3 Å². The minimum absolute atomic E-state index is 0. The zero-order valence-electron chi connectivity index (χ0n) is 47.8. The van der Waals surface area contributed by atoms with Crippen LogP contribution in [-0.2, 0) is 38.1 Å². The van der Waals surface area contributed by atoms with Crippen molar-refractivity contribution >= 4 is 94.3 Å². The quantitative estimate of drug-likeness (QED) is 0.0117. The fourth-order valence-corrected chi connectivity index (χ4v) is 10.8. The largest absolute Gasteiger partial charge is 1.00 e. The van der Waals surface area contributed by atoms with Crippen LogP contribution in [0.5, 0.6) is 0 Å². The molecule has 0 bridgehead atoms. The van der Waals surface area contributed by atoms with Crippen LogP contribution in [0.1, 0.15) is 93.8 Å². The van der Waals surface area contributed by atoms with E-state index >= 15 is 0 Å². The van der Waals surface area contributed by atoms with Crippen LogP contribution in [0.15, 0.2) is 72.8 Å². The maximum atomic E-state index is 13.0. The molecule has 86 heavy (non-hydrogen) atoms. The van der Waals surface area contributed by atoms with Gasteiger partial charge in [0.1, 0.15) is 30.4 Å². The first-order valence-corrected chi connectivity index (χ1v) is 29.6. The summed E-state index contributed by atoms with van der Waals surface area (Å²) in [5.74, 6) is -7.50. The molecule has 12 atom stereocenters. The van der Waals surface area contributed by atoms with E-state index in [2.05, 4.69) is 26.6 Å². The van der Waals surface area contributed by atoms with Gasteiger partial charge in [0.2, 0.25) is 17.6 Å². The topological polar surface area (TPSA) is 408 Å². The minimum atomic E-state index is -2.58. The molecule has 2 aliphatic rings.